The number of ether oxygens (including phenoxy) is 3. The average molecular weight is 438 g/mol. The van der Waals surface area contributed by atoms with Crippen LogP contribution in [-0.4, -0.2) is 34.4 Å². The molecular weight excluding hydrogens is 420 g/mol. The normalized spacial score (nSPS) is 13.7. The number of sulfone groups is 1. The molecule has 0 saturated heterocycles. The van der Waals surface area contributed by atoms with Crippen molar-refractivity contribution < 1.29 is 32.2 Å². The molecule has 0 N–H and O–H groups in total. The molecule has 31 heavy (non-hydrogen) atoms. The van der Waals surface area contributed by atoms with E-state index in [0.717, 1.165) is 0 Å². The van der Waals surface area contributed by atoms with Crippen LogP contribution in [0.15, 0.2) is 70.5 Å². The summed E-state index contributed by atoms with van der Waals surface area (Å²) in [4.78, 5) is 25.1. The van der Waals surface area contributed by atoms with E-state index in [2.05, 4.69) is 0 Å². The predicted molar refractivity (Wildman–Crippen MR) is 110 cm³/mol. The lowest BCUT2D eigenvalue weighted by Gasteiger charge is -2.19. The molecule has 7 nitrogen and oxygen atoms in total. The Balaban J connectivity index is 1.64. The fraction of sp³-hybridized carbons (Fsp3) is 0.130. The molecule has 0 radical (unpaired) electrons. The predicted octanol–water partition coefficient (Wildman–Crippen LogP) is 3.44. The summed E-state index contributed by atoms with van der Waals surface area (Å²) in [6.07, 6.45) is 0. The Kier molecular flexibility index (Phi) is 5.24. The fourth-order valence-corrected chi connectivity index (χ4v) is 5.11. The van der Waals surface area contributed by atoms with Crippen LogP contribution in [0.2, 0.25) is 0 Å². The Hall–Kier alpha value is -3.65. The number of benzene rings is 3. The summed E-state index contributed by atoms with van der Waals surface area (Å²) in [6, 6.07) is 15.0. The van der Waals surface area contributed by atoms with Gasteiger partial charge >= 0.3 is 5.97 Å². The van der Waals surface area contributed by atoms with E-state index in [1.165, 1.54) is 44.6 Å². The van der Waals surface area contributed by atoms with Crippen molar-refractivity contribution in [3.8, 4) is 11.5 Å². The van der Waals surface area contributed by atoms with Gasteiger partial charge in [-0.25, -0.2) is 13.2 Å². The van der Waals surface area contributed by atoms with Gasteiger partial charge in [0.25, 0.3) is 0 Å². The van der Waals surface area contributed by atoms with Gasteiger partial charge in [0.1, 0.15) is 18.1 Å². The summed E-state index contributed by atoms with van der Waals surface area (Å²) in [5.41, 5.74) is 0.765. The second kappa shape index (κ2) is 7.88. The quantitative estimate of drug-likeness (QED) is 0.441. The number of fused-ring (bicyclic) bond motifs is 2. The number of esters is 1. The van der Waals surface area contributed by atoms with Gasteiger partial charge in [-0.15, -0.1) is 0 Å². The molecule has 158 valence electrons. The minimum Gasteiger partial charge on any atom is -0.497 e. The van der Waals surface area contributed by atoms with Crippen LogP contribution in [0, 0.1) is 0 Å². The lowest BCUT2D eigenvalue weighted by Crippen LogP contribution is -2.21. The summed E-state index contributed by atoms with van der Waals surface area (Å²) in [7, 11) is -0.927. The van der Waals surface area contributed by atoms with Gasteiger partial charge in [0.15, 0.2) is 5.78 Å². The van der Waals surface area contributed by atoms with Crippen LogP contribution >= 0.6 is 0 Å². The molecule has 8 heteroatoms. The monoisotopic (exact) mass is 438 g/mol. The molecule has 0 fully saturated rings. The molecule has 0 aromatic heterocycles. The van der Waals surface area contributed by atoms with Gasteiger partial charge < -0.3 is 14.2 Å². The maximum Gasteiger partial charge on any atom is 0.338 e. The van der Waals surface area contributed by atoms with Crippen LogP contribution in [0.3, 0.4) is 0 Å². The zero-order valence-electron chi connectivity index (χ0n) is 16.7. The first-order valence-electron chi connectivity index (χ1n) is 9.27. The summed E-state index contributed by atoms with van der Waals surface area (Å²) >= 11 is 0. The number of hydrogen-bond donors (Lipinski definition) is 0. The van der Waals surface area contributed by atoms with E-state index in [4.69, 9.17) is 14.2 Å². The smallest absolute Gasteiger partial charge is 0.338 e. The maximum atomic E-state index is 13.0. The lowest BCUT2D eigenvalue weighted by molar-refractivity contribution is 0.0469. The van der Waals surface area contributed by atoms with Gasteiger partial charge in [-0.05, 0) is 48.5 Å². The van der Waals surface area contributed by atoms with Crippen molar-refractivity contribution in [2.75, 3.05) is 14.2 Å². The highest BCUT2D eigenvalue weighted by Gasteiger charge is 2.35. The third kappa shape index (κ3) is 3.55. The molecule has 0 amide bonds. The molecule has 3 aromatic carbocycles. The van der Waals surface area contributed by atoms with Gasteiger partial charge in [-0.2, -0.15) is 0 Å². The molecule has 0 spiro atoms. The lowest BCUT2D eigenvalue weighted by atomic mass is 10.0. The molecule has 3 aromatic rings. The molecule has 0 saturated carbocycles. The Morgan fingerprint density at radius 2 is 1.61 bits per heavy atom. The molecule has 1 heterocycles. The molecule has 0 aliphatic carbocycles. The molecule has 0 unspecified atom stereocenters. The minimum absolute atomic E-state index is 0.0244. The van der Waals surface area contributed by atoms with Crippen molar-refractivity contribution in [3.63, 3.8) is 0 Å². The number of carbonyl (C=O) groups is 2. The summed E-state index contributed by atoms with van der Waals surface area (Å²) in [5.74, 6) is -0.0386. The third-order valence-corrected chi connectivity index (χ3v) is 6.87. The molecular formula is C23H18O7S. The summed E-state index contributed by atoms with van der Waals surface area (Å²) in [5, 5.41) is 0. The molecule has 4 rings (SSSR count). The second-order valence-corrected chi connectivity index (χ2v) is 8.68. The van der Waals surface area contributed by atoms with Gasteiger partial charge in [0, 0.05) is 16.7 Å². The van der Waals surface area contributed by atoms with Crippen molar-refractivity contribution >= 4 is 21.6 Å². The van der Waals surface area contributed by atoms with Crippen molar-refractivity contribution in [2.24, 2.45) is 0 Å². The first-order valence-corrected chi connectivity index (χ1v) is 10.8. The topological polar surface area (TPSA) is 96.0 Å². The van der Waals surface area contributed by atoms with Crippen LogP contribution in [0.4, 0.5) is 0 Å². The van der Waals surface area contributed by atoms with Gasteiger partial charge in [-0.3, -0.25) is 4.79 Å². The maximum absolute atomic E-state index is 13.0. The highest BCUT2D eigenvalue weighted by Crippen LogP contribution is 2.35. The van der Waals surface area contributed by atoms with Crippen LogP contribution in [0.25, 0.3) is 0 Å². The number of ketones is 1. The average Bonchev–Trinajstić information content (AvgIpc) is 2.80. The highest BCUT2D eigenvalue weighted by molar-refractivity contribution is 7.91. The largest absolute Gasteiger partial charge is 0.497 e. The van der Waals surface area contributed by atoms with Crippen LogP contribution in [0.5, 0.6) is 11.5 Å². The van der Waals surface area contributed by atoms with Gasteiger partial charge in [0.2, 0.25) is 9.84 Å². The van der Waals surface area contributed by atoms with Crippen molar-refractivity contribution in [2.45, 2.75) is 16.4 Å². The minimum atomic E-state index is -3.94. The van der Waals surface area contributed by atoms with E-state index in [1.807, 2.05) is 0 Å². The second-order valence-electron chi connectivity index (χ2n) is 6.79. The van der Waals surface area contributed by atoms with E-state index in [0.29, 0.717) is 17.1 Å². The third-order valence-electron chi connectivity index (χ3n) is 5.02. The van der Waals surface area contributed by atoms with Crippen molar-refractivity contribution in [1.82, 2.24) is 0 Å². The Morgan fingerprint density at radius 1 is 0.871 bits per heavy atom. The summed E-state index contributed by atoms with van der Waals surface area (Å²) < 4.78 is 41.8. The number of methoxy groups -OCH3 is 2. The van der Waals surface area contributed by atoms with E-state index in [1.54, 1.807) is 30.3 Å². The first-order chi connectivity index (χ1) is 14.9. The zero-order valence-corrected chi connectivity index (χ0v) is 17.6. The van der Waals surface area contributed by atoms with Crippen LogP contribution < -0.4 is 9.47 Å². The van der Waals surface area contributed by atoms with E-state index >= 15 is 0 Å². The molecule has 0 bridgehead atoms. The van der Waals surface area contributed by atoms with E-state index in [-0.39, 0.29) is 33.1 Å². The highest BCUT2D eigenvalue weighted by atomic mass is 32.2. The van der Waals surface area contributed by atoms with Gasteiger partial charge in [-0.1, -0.05) is 12.1 Å². The van der Waals surface area contributed by atoms with Crippen LogP contribution in [0.1, 0.15) is 31.8 Å². The Bertz CT molecular complexity index is 1310. The van der Waals surface area contributed by atoms with E-state index in [9.17, 15) is 18.0 Å². The number of carbonyl (C=O) groups excluding carboxylic acids is 2. The van der Waals surface area contributed by atoms with Crippen molar-refractivity contribution in [3.05, 3.63) is 82.9 Å². The molecule has 1 aliphatic rings. The number of rotatable bonds is 5. The Labute approximate surface area is 179 Å². The standard InChI is InChI=1S/C23H18O7S/c1-28-16-8-10-19(29-2)15(11-16)13-30-23(25)14-7-9-18-21(12-14)31(26,27)20-6-4-3-5-17(20)22(18)24/h3-12H,13H2,1-2H3. The van der Waals surface area contributed by atoms with Crippen molar-refractivity contribution in [1.29, 1.82) is 0 Å². The van der Waals surface area contributed by atoms with E-state index < -0.39 is 21.6 Å². The Morgan fingerprint density at radius 3 is 2.35 bits per heavy atom. The fourth-order valence-electron chi connectivity index (χ4n) is 3.43. The summed E-state index contributed by atoms with van der Waals surface area (Å²) in [6.45, 7) is -0.106. The SMILES string of the molecule is COc1ccc(OC)c(COC(=O)c2ccc3c(c2)S(=O)(=O)c2ccccc2C3=O)c1. The number of hydrogen-bond acceptors (Lipinski definition) is 7. The molecule has 0 atom stereocenters. The molecule has 1 aliphatic heterocycles. The first kappa shape index (κ1) is 20.6. The van der Waals surface area contributed by atoms with Crippen LogP contribution in [-0.2, 0) is 21.2 Å². The zero-order chi connectivity index (χ0) is 22.2. The van der Waals surface area contributed by atoms with Gasteiger partial charge in [0.05, 0.1) is 29.6 Å².